The highest BCUT2D eigenvalue weighted by Crippen LogP contribution is 2.23. The zero-order valence-electron chi connectivity index (χ0n) is 21.2. The van der Waals surface area contributed by atoms with Gasteiger partial charge < -0.3 is 4.57 Å². The summed E-state index contributed by atoms with van der Waals surface area (Å²) >= 11 is 3.47. The number of rotatable bonds is 8. The fraction of sp³-hybridized carbons (Fsp3) is 0.345. The minimum Gasteiger partial charge on any atom is -0.318 e. The average Bonchev–Trinajstić information content (AvgIpc) is 3.14. The third-order valence-electron chi connectivity index (χ3n) is 6.68. The summed E-state index contributed by atoms with van der Waals surface area (Å²) in [6, 6.07) is 16.5. The van der Waals surface area contributed by atoms with Crippen LogP contribution in [0.1, 0.15) is 74.3 Å². The summed E-state index contributed by atoms with van der Waals surface area (Å²) in [6.45, 7) is 10.6. The van der Waals surface area contributed by atoms with E-state index in [0.717, 1.165) is 40.0 Å². The van der Waals surface area contributed by atoms with E-state index in [2.05, 4.69) is 90.5 Å². The van der Waals surface area contributed by atoms with Crippen molar-refractivity contribution < 1.29 is 0 Å². The van der Waals surface area contributed by atoms with Gasteiger partial charge in [0.05, 0.1) is 17.1 Å². The number of aryl methyl sites for hydroxylation is 2. The van der Waals surface area contributed by atoms with Crippen LogP contribution in [0.2, 0.25) is 0 Å². The van der Waals surface area contributed by atoms with Crippen molar-refractivity contribution in [2.24, 2.45) is 5.10 Å². The first kappa shape index (κ1) is 25.1. The van der Waals surface area contributed by atoms with Crippen molar-refractivity contribution in [3.63, 3.8) is 0 Å². The quantitative estimate of drug-likeness (QED) is 0.223. The molecule has 0 radical (unpaired) electrons. The van der Waals surface area contributed by atoms with Crippen molar-refractivity contribution in [1.29, 1.82) is 0 Å². The van der Waals surface area contributed by atoms with Gasteiger partial charge in [0.1, 0.15) is 5.82 Å². The van der Waals surface area contributed by atoms with Crippen molar-refractivity contribution in [3.8, 4) is 5.69 Å². The summed E-state index contributed by atoms with van der Waals surface area (Å²) in [5.74, 6) is 0.784. The molecule has 0 aliphatic rings. The van der Waals surface area contributed by atoms with E-state index in [1.54, 1.807) is 6.21 Å². The SMILES string of the molecule is CCCCc1ccc(-n2c(C)cc(C=Nn3c([C@H](C)CC)nc4ccc(Br)cc4c3=O)c2C)cc1. The van der Waals surface area contributed by atoms with Gasteiger partial charge >= 0.3 is 0 Å². The van der Waals surface area contributed by atoms with Gasteiger partial charge in [-0.05, 0) is 75.1 Å². The van der Waals surface area contributed by atoms with Crippen LogP contribution >= 0.6 is 15.9 Å². The Morgan fingerprint density at radius 2 is 1.83 bits per heavy atom. The maximum Gasteiger partial charge on any atom is 0.282 e. The van der Waals surface area contributed by atoms with Crippen LogP contribution in [0, 0.1) is 13.8 Å². The van der Waals surface area contributed by atoms with Gasteiger partial charge in [0.25, 0.3) is 5.56 Å². The van der Waals surface area contributed by atoms with Gasteiger partial charge in [-0.15, -0.1) is 0 Å². The third kappa shape index (κ3) is 5.18. The zero-order chi connectivity index (χ0) is 25.1. The molecular formula is C29H33BrN4O. The van der Waals surface area contributed by atoms with Gasteiger partial charge in [-0.1, -0.05) is 55.3 Å². The zero-order valence-corrected chi connectivity index (χ0v) is 22.8. The largest absolute Gasteiger partial charge is 0.318 e. The van der Waals surface area contributed by atoms with E-state index in [9.17, 15) is 4.79 Å². The first-order valence-electron chi connectivity index (χ1n) is 12.4. The Morgan fingerprint density at radius 1 is 1.09 bits per heavy atom. The van der Waals surface area contributed by atoms with Gasteiger partial charge in [-0.25, -0.2) is 4.98 Å². The Labute approximate surface area is 215 Å². The monoisotopic (exact) mass is 532 g/mol. The highest BCUT2D eigenvalue weighted by Gasteiger charge is 2.16. The molecule has 35 heavy (non-hydrogen) atoms. The predicted molar refractivity (Wildman–Crippen MR) is 149 cm³/mol. The van der Waals surface area contributed by atoms with Crippen LogP contribution in [0.25, 0.3) is 16.6 Å². The van der Waals surface area contributed by atoms with E-state index in [0.29, 0.717) is 16.7 Å². The van der Waals surface area contributed by atoms with Crippen LogP contribution in [0.15, 0.2) is 62.9 Å². The summed E-state index contributed by atoms with van der Waals surface area (Å²) in [6.07, 6.45) is 6.17. The van der Waals surface area contributed by atoms with Gasteiger partial charge in [-0.2, -0.15) is 9.78 Å². The second-order valence-corrected chi connectivity index (χ2v) is 10.1. The second kappa shape index (κ2) is 10.7. The molecule has 0 fully saturated rings. The lowest BCUT2D eigenvalue weighted by atomic mass is 10.1. The molecule has 1 atom stereocenters. The molecule has 0 aliphatic carbocycles. The fourth-order valence-corrected chi connectivity index (χ4v) is 4.77. The Bertz CT molecular complexity index is 1430. The smallest absolute Gasteiger partial charge is 0.282 e. The van der Waals surface area contributed by atoms with Crippen molar-refractivity contribution in [3.05, 3.63) is 91.7 Å². The van der Waals surface area contributed by atoms with Crippen molar-refractivity contribution in [2.45, 2.75) is 66.2 Å². The molecule has 0 unspecified atom stereocenters. The minimum absolute atomic E-state index is 0.103. The molecule has 0 N–H and O–H groups in total. The number of nitrogens with zero attached hydrogens (tertiary/aromatic N) is 4. The highest BCUT2D eigenvalue weighted by atomic mass is 79.9. The fourth-order valence-electron chi connectivity index (χ4n) is 4.41. The first-order chi connectivity index (χ1) is 16.8. The van der Waals surface area contributed by atoms with E-state index in [1.165, 1.54) is 23.1 Å². The topological polar surface area (TPSA) is 52.2 Å². The number of halogens is 1. The first-order valence-corrected chi connectivity index (χ1v) is 13.2. The number of unbranched alkanes of at least 4 members (excludes halogenated alkanes) is 1. The Morgan fingerprint density at radius 3 is 2.51 bits per heavy atom. The molecule has 0 amide bonds. The van der Waals surface area contributed by atoms with E-state index >= 15 is 0 Å². The van der Waals surface area contributed by atoms with Crippen LogP contribution in [-0.2, 0) is 6.42 Å². The number of hydrogen-bond acceptors (Lipinski definition) is 3. The highest BCUT2D eigenvalue weighted by molar-refractivity contribution is 9.10. The molecule has 182 valence electrons. The maximum atomic E-state index is 13.4. The van der Waals surface area contributed by atoms with Gasteiger partial charge in [0.15, 0.2) is 0 Å². The maximum absolute atomic E-state index is 13.4. The molecule has 6 heteroatoms. The van der Waals surface area contributed by atoms with E-state index in [4.69, 9.17) is 4.98 Å². The van der Waals surface area contributed by atoms with E-state index in [1.807, 2.05) is 18.2 Å². The molecular weight excluding hydrogens is 500 g/mol. The normalized spacial score (nSPS) is 12.6. The molecule has 0 aliphatic heterocycles. The van der Waals surface area contributed by atoms with Gasteiger partial charge in [0.2, 0.25) is 0 Å². The summed E-state index contributed by atoms with van der Waals surface area (Å²) in [4.78, 5) is 18.2. The molecule has 0 saturated heterocycles. The van der Waals surface area contributed by atoms with Gasteiger partial charge in [-0.3, -0.25) is 4.79 Å². The Hall–Kier alpha value is -2.99. The minimum atomic E-state index is -0.153. The number of benzene rings is 2. The predicted octanol–water partition coefficient (Wildman–Crippen LogP) is 7.30. The summed E-state index contributed by atoms with van der Waals surface area (Å²) in [7, 11) is 0. The van der Waals surface area contributed by atoms with Crippen molar-refractivity contribution >= 4 is 33.0 Å². The number of hydrogen-bond donors (Lipinski definition) is 0. The lowest BCUT2D eigenvalue weighted by Gasteiger charge is -2.14. The van der Waals surface area contributed by atoms with E-state index in [-0.39, 0.29) is 11.5 Å². The van der Waals surface area contributed by atoms with Crippen molar-refractivity contribution in [1.82, 2.24) is 14.2 Å². The summed E-state index contributed by atoms with van der Waals surface area (Å²) in [5.41, 5.74) is 6.23. The second-order valence-electron chi connectivity index (χ2n) is 9.23. The molecule has 0 spiro atoms. The molecule has 4 rings (SSSR count). The molecule has 2 aromatic carbocycles. The summed E-state index contributed by atoms with van der Waals surface area (Å²) in [5, 5.41) is 5.22. The standard InChI is InChI=1S/C29H33BrN4O/c1-6-8-9-22-10-13-25(14-11-22)33-20(4)16-23(21(33)5)18-31-34-28(19(3)7-2)32-27-15-12-24(30)17-26(27)29(34)35/h10-19H,6-9H2,1-5H3/t19-/m1/s1. The number of aromatic nitrogens is 3. The number of fused-ring (bicyclic) bond motifs is 1. The molecule has 5 nitrogen and oxygen atoms in total. The van der Waals surface area contributed by atoms with Crippen molar-refractivity contribution in [2.75, 3.05) is 0 Å². The third-order valence-corrected chi connectivity index (χ3v) is 7.18. The molecule has 0 saturated carbocycles. The molecule has 2 heterocycles. The van der Waals surface area contributed by atoms with Crippen LogP contribution in [0.4, 0.5) is 0 Å². The lowest BCUT2D eigenvalue weighted by Crippen LogP contribution is -2.23. The Balaban J connectivity index is 1.75. The van der Waals surface area contributed by atoms with Crippen LogP contribution < -0.4 is 5.56 Å². The van der Waals surface area contributed by atoms with Gasteiger partial charge in [0, 0.05) is 33.0 Å². The van der Waals surface area contributed by atoms with Crippen LogP contribution in [-0.4, -0.2) is 20.4 Å². The Kier molecular flexibility index (Phi) is 7.70. The molecule has 4 aromatic rings. The average molecular weight is 534 g/mol. The lowest BCUT2D eigenvalue weighted by molar-refractivity contribution is 0.613. The van der Waals surface area contributed by atoms with Crippen LogP contribution in [0.3, 0.4) is 0 Å². The summed E-state index contributed by atoms with van der Waals surface area (Å²) < 4.78 is 4.55. The molecule has 2 aromatic heterocycles. The molecule has 0 bridgehead atoms. The van der Waals surface area contributed by atoms with E-state index < -0.39 is 0 Å². The van der Waals surface area contributed by atoms with Crippen LogP contribution in [0.5, 0.6) is 0 Å².